The van der Waals surface area contributed by atoms with Crippen LogP contribution < -0.4 is 16.3 Å². The number of anilines is 2. The van der Waals surface area contributed by atoms with Gasteiger partial charge < -0.3 is 10.6 Å². The van der Waals surface area contributed by atoms with Gasteiger partial charge in [0.1, 0.15) is 11.5 Å². The molecule has 0 atom stereocenters. The molecular weight excluding hydrogens is 412 g/mol. The third kappa shape index (κ3) is 4.69. The van der Waals surface area contributed by atoms with Crippen LogP contribution in [0.2, 0.25) is 0 Å². The van der Waals surface area contributed by atoms with Gasteiger partial charge in [0.25, 0.3) is 11.6 Å². The number of carbonyl (C=O) groups excluding carboxylic acids is 1. The van der Waals surface area contributed by atoms with Crippen LogP contribution in [0.1, 0.15) is 35.4 Å². The lowest BCUT2D eigenvalue weighted by molar-refractivity contribution is -0.383. The molecule has 0 fully saturated rings. The molecule has 1 amide bonds. The van der Waals surface area contributed by atoms with E-state index in [9.17, 15) is 19.7 Å². The van der Waals surface area contributed by atoms with E-state index in [0.29, 0.717) is 37.4 Å². The van der Waals surface area contributed by atoms with Gasteiger partial charge in [0.15, 0.2) is 0 Å². The highest BCUT2D eigenvalue weighted by atomic mass is 16.6. The number of hydrogen-bond acceptors (Lipinski definition) is 6. The van der Waals surface area contributed by atoms with Gasteiger partial charge in [-0.1, -0.05) is 18.2 Å². The Bertz CT molecular complexity index is 1180. The summed E-state index contributed by atoms with van der Waals surface area (Å²) in [6, 6.07) is 13.4. The molecule has 0 saturated heterocycles. The van der Waals surface area contributed by atoms with Crippen LogP contribution in [-0.4, -0.2) is 31.7 Å². The Balaban J connectivity index is 1.36. The number of hydrogen-bond donors (Lipinski definition) is 2. The lowest BCUT2D eigenvalue weighted by Crippen LogP contribution is -2.29. The van der Waals surface area contributed by atoms with Crippen LogP contribution in [0.15, 0.2) is 53.3 Å². The SMILES string of the molecule is O=C(NCCCn1nc2n(c1=O)CCCC2)c1ccc(Nc2ccccc2)c([N+](=O)[O-])c1. The number of benzene rings is 2. The van der Waals surface area contributed by atoms with Crippen molar-refractivity contribution in [2.24, 2.45) is 0 Å². The van der Waals surface area contributed by atoms with E-state index in [4.69, 9.17) is 0 Å². The molecule has 3 aromatic rings. The van der Waals surface area contributed by atoms with Crippen molar-refractivity contribution in [3.05, 3.63) is 80.5 Å². The van der Waals surface area contributed by atoms with Crippen LogP contribution in [-0.2, 0) is 19.5 Å². The number of nitro groups is 1. The molecule has 2 heterocycles. The minimum Gasteiger partial charge on any atom is -0.352 e. The summed E-state index contributed by atoms with van der Waals surface area (Å²) in [4.78, 5) is 35.8. The summed E-state index contributed by atoms with van der Waals surface area (Å²) in [7, 11) is 0. The number of aryl methyl sites for hydroxylation is 2. The van der Waals surface area contributed by atoms with Crippen molar-refractivity contribution in [2.45, 2.75) is 38.8 Å². The summed E-state index contributed by atoms with van der Waals surface area (Å²) in [5, 5.41) is 21.6. The number of nitro benzene ring substituents is 1. The number of carbonyl (C=O) groups is 1. The van der Waals surface area contributed by atoms with Gasteiger partial charge in [-0.2, -0.15) is 5.10 Å². The Kier molecular flexibility index (Phi) is 6.29. The van der Waals surface area contributed by atoms with Gasteiger partial charge in [-0.25, -0.2) is 9.48 Å². The maximum Gasteiger partial charge on any atom is 0.345 e. The van der Waals surface area contributed by atoms with Crippen molar-refractivity contribution in [3.8, 4) is 0 Å². The predicted molar refractivity (Wildman–Crippen MR) is 119 cm³/mol. The summed E-state index contributed by atoms with van der Waals surface area (Å²) in [5.74, 6) is 0.414. The zero-order chi connectivity index (χ0) is 22.5. The largest absolute Gasteiger partial charge is 0.352 e. The number of fused-ring (bicyclic) bond motifs is 1. The highest BCUT2D eigenvalue weighted by Crippen LogP contribution is 2.28. The number of aromatic nitrogens is 3. The zero-order valence-electron chi connectivity index (χ0n) is 17.5. The molecule has 2 N–H and O–H groups in total. The summed E-state index contributed by atoms with van der Waals surface area (Å²) in [6.45, 7) is 1.43. The number of para-hydroxylation sites is 1. The Labute approximate surface area is 184 Å². The minimum atomic E-state index is -0.519. The highest BCUT2D eigenvalue weighted by Gasteiger charge is 2.18. The second-order valence-electron chi connectivity index (χ2n) is 7.62. The fourth-order valence-corrected chi connectivity index (χ4v) is 3.73. The Morgan fingerprint density at radius 2 is 1.97 bits per heavy atom. The molecule has 10 heteroatoms. The highest BCUT2D eigenvalue weighted by molar-refractivity contribution is 5.95. The molecule has 2 aromatic carbocycles. The summed E-state index contributed by atoms with van der Waals surface area (Å²) < 4.78 is 3.16. The van der Waals surface area contributed by atoms with Gasteiger partial charge in [-0.3, -0.25) is 19.5 Å². The van der Waals surface area contributed by atoms with E-state index >= 15 is 0 Å². The summed E-state index contributed by atoms with van der Waals surface area (Å²) in [5.41, 5.74) is 0.926. The van der Waals surface area contributed by atoms with Crippen molar-refractivity contribution in [3.63, 3.8) is 0 Å². The molecule has 1 aliphatic heterocycles. The number of rotatable bonds is 8. The average Bonchev–Trinajstić information content (AvgIpc) is 3.13. The molecule has 0 radical (unpaired) electrons. The molecule has 1 aromatic heterocycles. The normalized spacial score (nSPS) is 12.8. The zero-order valence-corrected chi connectivity index (χ0v) is 17.5. The minimum absolute atomic E-state index is 0.108. The first-order valence-corrected chi connectivity index (χ1v) is 10.6. The van der Waals surface area contributed by atoms with E-state index in [1.807, 2.05) is 18.2 Å². The Morgan fingerprint density at radius 1 is 1.16 bits per heavy atom. The standard InChI is InChI=1S/C22H24N6O4/c29-21(23-12-6-14-27-22(30)26-13-5-4-9-20(26)25-27)16-10-11-18(19(15-16)28(31)32)24-17-7-2-1-3-8-17/h1-3,7-8,10-11,15,24H,4-6,9,12-14H2,(H,23,29). The van der Waals surface area contributed by atoms with E-state index in [2.05, 4.69) is 15.7 Å². The van der Waals surface area contributed by atoms with Crippen LogP contribution in [0.3, 0.4) is 0 Å². The molecule has 32 heavy (non-hydrogen) atoms. The third-order valence-electron chi connectivity index (χ3n) is 5.37. The first kappa shape index (κ1) is 21.3. The lowest BCUT2D eigenvalue weighted by Gasteiger charge is -2.09. The molecule has 0 unspecified atom stereocenters. The first-order valence-electron chi connectivity index (χ1n) is 10.6. The summed E-state index contributed by atoms with van der Waals surface area (Å²) >= 11 is 0. The van der Waals surface area contributed by atoms with E-state index in [0.717, 1.165) is 25.1 Å². The van der Waals surface area contributed by atoms with E-state index in [1.165, 1.54) is 16.8 Å². The lowest BCUT2D eigenvalue weighted by atomic mass is 10.1. The molecule has 166 valence electrons. The van der Waals surface area contributed by atoms with Crippen LogP contribution in [0, 0.1) is 10.1 Å². The molecule has 4 rings (SSSR count). The maximum atomic E-state index is 12.5. The smallest absolute Gasteiger partial charge is 0.345 e. The molecule has 10 nitrogen and oxygen atoms in total. The molecule has 1 aliphatic rings. The quantitative estimate of drug-likeness (QED) is 0.318. The van der Waals surface area contributed by atoms with Crippen LogP contribution >= 0.6 is 0 Å². The van der Waals surface area contributed by atoms with E-state index < -0.39 is 10.8 Å². The number of nitrogens with zero attached hydrogens (tertiary/aromatic N) is 4. The fraction of sp³-hybridized carbons (Fsp3) is 0.318. The third-order valence-corrected chi connectivity index (χ3v) is 5.37. The van der Waals surface area contributed by atoms with Gasteiger partial charge in [0.05, 0.1) is 4.92 Å². The topological polar surface area (TPSA) is 124 Å². The number of amides is 1. The fourth-order valence-electron chi connectivity index (χ4n) is 3.73. The average molecular weight is 436 g/mol. The molecule has 0 spiro atoms. The van der Waals surface area contributed by atoms with Crippen molar-refractivity contribution >= 4 is 23.0 Å². The molecule has 0 bridgehead atoms. The van der Waals surface area contributed by atoms with Crippen LogP contribution in [0.4, 0.5) is 17.1 Å². The molecule has 0 saturated carbocycles. The van der Waals surface area contributed by atoms with Crippen molar-refractivity contribution in [1.82, 2.24) is 19.7 Å². The van der Waals surface area contributed by atoms with Gasteiger partial charge >= 0.3 is 5.69 Å². The Hall–Kier alpha value is -3.95. The number of nitrogens with one attached hydrogen (secondary N) is 2. The second-order valence-corrected chi connectivity index (χ2v) is 7.62. The van der Waals surface area contributed by atoms with Crippen molar-refractivity contribution in [1.29, 1.82) is 0 Å². The van der Waals surface area contributed by atoms with Crippen molar-refractivity contribution < 1.29 is 9.72 Å². The first-order chi connectivity index (χ1) is 15.5. The molecular formula is C22H24N6O4. The van der Waals surface area contributed by atoms with Gasteiger partial charge in [0, 0.05) is 43.4 Å². The Morgan fingerprint density at radius 3 is 2.72 bits per heavy atom. The summed E-state index contributed by atoms with van der Waals surface area (Å²) in [6.07, 6.45) is 3.36. The van der Waals surface area contributed by atoms with Crippen molar-refractivity contribution in [2.75, 3.05) is 11.9 Å². The van der Waals surface area contributed by atoms with Gasteiger partial charge in [-0.15, -0.1) is 0 Å². The van der Waals surface area contributed by atoms with Gasteiger partial charge in [-0.05, 0) is 43.5 Å². The van der Waals surface area contributed by atoms with Gasteiger partial charge in [0.2, 0.25) is 0 Å². The van der Waals surface area contributed by atoms with E-state index in [1.54, 1.807) is 22.8 Å². The monoisotopic (exact) mass is 436 g/mol. The second kappa shape index (κ2) is 9.46. The molecule has 0 aliphatic carbocycles. The van der Waals surface area contributed by atoms with E-state index in [-0.39, 0.29) is 16.9 Å². The maximum absolute atomic E-state index is 12.5. The van der Waals surface area contributed by atoms with Crippen LogP contribution in [0.25, 0.3) is 0 Å². The van der Waals surface area contributed by atoms with Crippen LogP contribution in [0.5, 0.6) is 0 Å². The predicted octanol–water partition coefficient (Wildman–Crippen LogP) is 2.85.